The Bertz CT molecular complexity index is 779. The number of thiophene rings is 1. The number of carbonyl (C=O) groups is 2. The molecule has 29 heavy (non-hydrogen) atoms. The number of amides is 2. The summed E-state index contributed by atoms with van der Waals surface area (Å²) in [7, 11) is 0. The Balaban J connectivity index is 1.58. The lowest BCUT2D eigenvalue weighted by atomic mass is 10.0. The van der Waals surface area contributed by atoms with Gasteiger partial charge in [-0.2, -0.15) is 11.3 Å². The molecule has 1 aliphatic rings. The molecule has 2 heterocycles. The van der Waals surface area contributed by atoms with Gasteiger partial charge in [0.15, 0.2) is 0 Å². The van der Waals surface area contributed by atoms with Crippen molar-refractivity contribution in [1.82, 2.24) is 10.2 Å². The van der Waals surface area contributed by atoms with Crippen LogP contribution in [0.2, 0.25) is 0 Å². The number of nitrogens with one attached hydrogen (secondary N) is 2. The number of rotatable bonds is 6. The minimum atomic E-state index is -0.623. The van der Waals surface area contributed by atoms with Crippen molar-refractivity contribution in [3.63, 3.8) is 0 Å². The lowest BCUT2D eigenvalue weighted by molar-refractivity contribution is -0.136. The van der Waals surface area contributed by atoms with E-state index in [0.29, 0.717) is 18.2 Å². The Kier molecular flexibility index (Phi) is 7.83. The van der Waals surface area contributed by atoms with Gasteiger partial charge in [0.25, 0.3) is 0 Å². The molecule has 1 aromatic heterocycles. The summed E-state index contributed by atoms with van der Waals surface area (Å²) < 4.78 is 0. The maximum absolute atomic E-state index is 12.4. The van der Waals surface area contributed by atoms with Crippen LogP contribution in [0.15, 0.2) is 41.1 Å². The first kappa shape index (κ1) is 21.5. The molecular formula is C23H31N3O2S. The molecule has 0 spiro atoms. The lowest BCUT2D eigenvalue weighted by Crippen LogP contribution is -2.42. The lowest BCUT2D eigenvalue weighted by Gasteiger charge is -2.30. The minimum Gasteiger partial charge on any atom is -0.346 e. The summed E-state index contributed by atoms with van der Waals surface area (Å²) >= 11 is 1.66. The van der Waals surface area contributed by atoms with E-state index in [1.165, 1.54) is 36.8 Å². The monoisotopic (exact) mass is 413 g/mol. The highest BCUT2D eigenvalue weighted by Crippen LogP contribution is 2.25. The zero-order chi connectivity index (χ0) is 20.6. The summed E-state index contributed by atoms with van der Waals surface area (Å²) in [4.78, 5) is 27.2. The number of carbonyl (C=O) groups excluding carboxylic acids is 2. The van der Waals surface area contributed by atoms with Crippen LogP contribution in [0, 0.1) is 0 Å². The fourth-order valence-electron chi connectivity index (χ4n) is 3.74. The Morgan fingerprint density at radius 3 is 2.24 bits per heavy atom. The largest absolute Gasteiger partial charge is 0.346 e. The van der Waals surface area contributed by atoms with Crippen LogP contribution in [0.1, 0.15) is 62.6 Å². The molecule has 3 rings (SSSR count). The second kappa shape index (κ2) is 10.6. The Labute approximate surface area is 177 Å². The first-order valence-corrected chi connectivity index (χ1v) is 11.4. The van der Waals surface area contributed by atoms with E-state index in [0.717, 1.165) is 13.1 Å². The van der Waals surface area contributed by atoms with Crippen LogP contribution in [0.25, 0.3) is 0 Å². The summed E-state index contributed by atoms with van der Waals surface area (Å²) in [6.45, 7) is 6.75. The van der Waals surface area contributed by atoms with E-state index in [1.807, 2.05) is 24.3 Å². The number of hydrogen-bond donors (Lipinski definition) is 2. The summed E-state index contributed by atoms with van der Waals surface area (Å²) in [5.41, 5.74) is 3.04. The number of hydrogen-bond acceptors (Lipinski definition) is 4. The number of benzene rings is 1. The van der Waals surface area contributed by atoms with Gasteiger partial charge < -0.3 is 10.6 Å². The van der Waals surface area contributed by atoms with Gasteiger partial charge in [0, 0.05) is 12.2 Å². The average Bonchev–Trinajstić information content (AvgIpc) is 3.11. The van der Waals surface area contributed by atoms with Gasteiger partial charge in [-0.15, -0.1) is 0 Å². The highest BCUT2D eigenvalue weighted by Gasteiger charge is 2.24. The van der Waals surface area contributed by atoms with E-state index in [4.69, 9.17) is 0 Å². The fourth-order valence-corrected chi connectivity index (χ4v) is 4.45. The van der Waals surface area contributed by atoms with Crippen molar-refractivity contribution in [2.75, 3.05) is 25.0 Å². The van der Waals surface area contributed by atoms with Gasteiger partial charge in [-0.05, 0) is 71.9 Å². The molecule has 1 aliphatic heterocycles. The molecule has 2 amide bonds. The van der Waals surface area contributed by atoms with Gasteiger partial charge >= 0.3 is 11.8 Å². The number of nitrogens with zero attached hydrogens (tertiary/aromatic N) is 1. The van der Waals surface area contributed by atoms with Crippen molar-refractivity contribution in [1.29, 1.82) is 0 Å². The van der Waals surface area contributed by atoms with Gasteiger partial charge in [0.05, 0.1) is 6.04 Å². The second-order valence-corrected chi connectivity index (χ2v) is 8.74. The molecule has 1 fully saturated rings. The van der Waals surface area contributed by atoms with Crippen molar-refractivity contribution in [3.8, 4) is 0 Å². The smallest absolute Gasteiger partial charge is 0.313 e. The summed E-state index contributed by atoms with van der Waals surface area (Å²) in [6.07, 6.45) is 4.89. The molecule has 0 aliphatic carbocycles. The van der Waals surface area contributed by atoms with Gasteiger partial charge in [-0.1, -0.05) is 38.8 Å². The third-order valence-corrected chi connectivity index (χ3v) is 6.21. The highest BCUT2D eigenvalue weighted by atomic mass is 32.1. The average molecular weight is 414 g/mol. The van der Waals surface area contributed by atoms with Crippen molar-refractivity contribution < 1.29 is 9.59 Å². The first-order valence-electron chi connectivity index (χ1n) is 10.5. The normalized spacial score (nSPS) is 16.2. The predicted octanol–water partition coefficient (Wildman–Crippen LogP) is 4.54. The van der Waals surface area contributed by atoms with Crippen molar-refractivity contribution in [3.05, 3.63) is 52.2 Å². The van der Waals surface area contributed by atoms with Gasteiger partial charge in [-0.25, -0.2) is 0 Å². The van der Waals surface area contributed by atoms with E-state index in [9.17, 15) is 9.59 Å². The molecule has 1 atom stereocenters. The number of likely N-dealkylation sites (tertiary alicyclic amines) is 1. The molecule has 1 aromatic carbocycles. The fraction of sp³-hybridized carbons (Fsp3) is 0.478. The molecular weight excluding hydrogens is 382 g/mol. The first-order chi connectivity index (χ1) is 14.0. The summed E-state index contributed by atoms with van der Waals surface area (Å²) in [5, 5.41) is 9.75. The van der Waals surface area contributed by atoms with Crippen molar-refractivity contribution >= 4 is 28.8 Å². The Morgan fingerprint density at radius 2 is 1.66 bits per heavy atom. The predicted molar refractivity (Wildman–Crippen MR) is 119 cm³/mol. The van der Waals surface area contributed by atoms with Crippen LogP contribution >= 0.6 is 11.3 Å². The molecule has 6 heteroatoms. The third kappa shape index (κ3) is 6.15. The maximum atomic E-state index is 12.4. The van der Waals surface area contributed by atoms with Gasteiger partial charge in [0.1, 0.15) is 0 Å². The summed E-state index contributed by atoms with van der Waals surface area (Å²) in [5.74, 6) is -0.786. The molecule has 0 saturated carbocycles. The zero-order valence-electron chi connectivity index (χ0n) is 17.3. The molecule has 2 aromatic rings. The van der Waals surface area contributed by atoms with E-state index >= 15 is 0 Å². The Hall–Kier alpha value is -2.18. The van der Waals surface area contributed by atoms with Crippen LogP contribution in [0.4, 0.5) is 5.69 Å². The van der Waals surface area contributed by atoms with Crippen LogP contribution in [-0.2, 0) is 9.59 Å². The van der Waals surface area contributed by atoms with Crippen LogP contribution < -0.4 is 10.6 Å². The highest BCUT2D eigenvalue weighted by molar-refractivity contribution is 7.08. The van der Waals surface area contributed by atoms with Crippen LogP contribution in [0.5, 0.6) is 0 Å². The molecule has 1 saturated heterocycles. The van der Waals surface area contributed by atoms with Crippen LogP contribution in [0.3, 0.4) is 0 Å². The number of anilines is 1. The second-order valence-electron chi connectivity index (χ2n) is 7.96. The SMILES string of the molecule is CC(C)c1ccc(NC(=O)C(=O)NC[C@H](c2ccsc2)N2CCCCCC2)cc1. The zero-order valence-corrected chi connectivity index (χ0v) is 18.1. The molecule has 0 radical (unpaired) electrons. The quantitative estimate of drug-likeness (QED) is 0.683. The minimum absolute atomic E-state index is 0.112. The van der Waals surface area contributed by atoms with Crippen molar-refractivity contribution in [2.24, 2.45) is 0 Å². The van der Waals surface area contributed by atoms with E-state index < -0.39 is 11.8 Å². The maximum Gasteiger partial charge on any atom is 0.313 e. The van der Waals surface area contributed by atoms with E-state index in [2.05, 4.69) is 46.2 Å². The van der Waals surface area contributed by atoms with Crippen molar-refractivity contribution in [2.45, 2.75) is 51.5 Å². The molecule has 156 valence electrons. The molecule has 0 unspecified atom stereocenters. The molecule has 2 N–H and O–H groups in total. The Morgan fingerprint density at radius 1 is 0.966 bits per heavy atom. The van der Waals surface area contributed by atoms with E-state index in [1.54, 1.807) is 11.3 Å². The molecule has 0 bridgehead atoms. The third-order valence-electron chi connectivity index (χ3n) is 5.51. The standard InChI is InChI=1S/C23H31N3O2S/c1-17(2)18-7-9-20(10-8-18)25-23(28)22(27)24-15-21(19-11-14-29-16-19)26-12-5-3-4-6-13-26/h7-11,14,16-17,21H,3-6,12-13,15H2,1-2H3,(H,24,27)(H,25,28)/t21-/m1/s1. The van der Waals surface area contributed by atoms with Gasteiger partial charge in [-0.3, -0.25) is 14.5 Å². The molecule has 5 nitrogen and oxygen atoms in total. The van der Waals surface area contributed by atoms with E-state index in [-0.39, 0.29) is 6.04 Å². The topological polar surface area (TPSA) is 61.4 Å². The van der Waals surface area contributed by atoms with Crippen LogP contribution in [-0.4, -0.2) is 36.3 Å². The van der Waals surface area contributed by atoms with Gasteiger partial charge in [0.2, 0.25) is 0 Å². The summed E-state index contributed by atoms with van der Waals surface area (Å²) in [6, 6.07) is 9.86.